The third-order valence-corrected chi connectivity index (χ3v) is 3.27. The van der Waals surface area contributed by atoms with Crippen LogP contribution in [-0.2, 0) is 0 Å². The molecule has 0 aliphatic heterocycles. The summed E-state index contributed by atoms with van der Waals surface area (Å²) in [4.78, 5) is 0. The van der Waals surface area contributed by atoms with Gasteiger partial charge in [0.1, 0.15) is 0 Å². The predicted octanol–water partition coefficient (Wildman–Crippen LogP) is 4.53. The predicted molar refractivity (Wildman–Crippen MR) is 76.5 cm³/mol. The van der Waals surface area contributed by atoms with Crippen molar-refractivity contribution in [3.05, 3.63) is 34.9 Å². The monoisotopic (exact) mass is 233 g/mol. The zero-order chi connectivity index (χ0) is 12.8. The second kappa shape index (κ2) is 6.80. The zero-order valence-electron chi connectivity index (χ0n) is 12.0. The van der Waals surface area contributed by atoms with E-state index >= 15 is 0 Å². The van der Waals surface area contributed by atoms with E-state index in [4.69, 9.17) is 0 Å². The van der Waals surface area contributed by atoms with Crippen molar-refractivity contribution < 1.29 is 0 Å². The summed E-state index contributed by atoms with van der Waals surface area (Å²) in [7, 11) is 0. The second-order valence-electron chi connectivity index (χ2n) is 5.35. The van der Waals surface area contributed by atoms with Gasteiger partial charge >= 0.3 is 0 Å². The maximum Gasteiger partial charge on any atom is 0.0294 e. The van der Waals surface area contributed by atoms with Crippen LogP contribution in [0.15, 0.2) is 18.2 Å². The molecule has 0 bridgehead atoms. The summed E-state index contributed by atoms with van der Waals surface area (Å²) in [5.74, 6) is 0. The van der Waals surface area contributed by atoms with Gasteiger partial charge in [0.2, 0.25) is 0 Å². The molecule has 0 radical (unpaired) electrons. The van der Waals surface area contributed by atoms with Crippen molar-refractivity contribution in [2.75, 3.05) is 0 Å². The lowest BCUT2D eigenvalue weighted by Gasteiger charge is -2.21. The van der Waals surface area contributed by atoms with Crippen LogP contribution < -0.4 is 5.32 Å². The number of hydrogen-bond acceptors (Lipinski definition) is 1. The Kier molecular flexibility index (Phi) is 5.70. The molecule has 1 aromatic rings. The highest BCUT2D eigenvalue weighted by Crippen LogP contribution is 2.17. The van der Waals surface area contributed by atoms with Gasteiger partial charge in [-0.25, -0.2) is 0 Å². The summed E-state index contributed by atoms with van der Waals surface area (Å²) in [6, 6.07) is 7.86. The molecule has 2 atom stereocenters. The van der Waals surface area contributed by atoms with Gasteiger partial charge < -0.3 is 5.32 Å². The first-order valence-electron chi connectivity index (χ1n) is 6.87. The van der Waals surface area contributed by atoms with Gasteiger partial charge in [-0.05, 0) is 39.7 Å². The highest BCUT2D eigenvalue weighted by Gasteiger charge is 2.09. The van der Waals surface area contributed by atoms with E-state index < -0.39 is 0 Å². The first-order chi connectivity index (χ1) is 8.02. The van der Waals surface area contributed by atoms with Crippen molar-refractivity contribution in [3.63, 3.8) is 0 Å². The van der Waals surface area contributed by atoms with E-state index in [0.29, 0.717) is 12.1 Å². The Morgan fingerprint density at radius 1 is 1.06 bits per heavy atom. The van der Waals surface area contributed by atoms with Gasteiger partial charge in [-0.15, -0.1) is 0 Å². The van der Waals surface area contributed by atoms with Crippen molar-refractivity contribution in [1.82, 2.24) is 5.32 Å². The van der Waals surface area contributed by atoms with Crippen LogP contribution in [0.2, 0.25) is 0 Å². The molecule has 1 heteroatoms. The molecule has 96 valence electrons. The van der Waals surface area contributed by atoms with Crippen molar-refractivity contribution in [3.8, 4) is 0 Å². The zero-order valence-corrected chi connectivity index (χ0v) is 12.0. The summed E-state index contributed by atoms with van der Waals surface area (Å²) in [6.45, 7) is 11.1. The van der Waals surface area contributed by atoms with Crippen molar-refractivity contribution in [2.24, 2.45) is 0 Å². The number of hydrogen-bond donors (Lipinski definition) is 1. The molecule has 1 aromatic carbocycles. The molecular formula is C16H27N. The van der Waals surface area contributed by atoms with Crippen LogP contribution in [0.5, 0.6) is 0 Å². The fourth-order valence-electron chi connectivity index (χ4n) is 2.38. The number of rotatable bonds is 6. The molecule has 0 fully saturated rings. The van der Waals surface area contributed by atoms with E-state index in [9.17, 15) is 0 Å². The molecule has 1 nitrogen and oxygen atoms in total. The van der Waals surface area contributed by atoms with Gasteiger partial charge in [0, 0.05) is 12.1 Å². The Balaban J connectivity index is 2.59. The summed E-state index contributed by atoms with van der Waals surface area (Å²) in [5, 5.41) is 3.69. The minimum atomic E-state index is 0.445. The van der Waals surface area contributed by atoms with Gasteiger partial charge in [0.15, 0.2) is 0 Å². The third-order valence-electron chi connectivity index (χ3n) is 3.27. The van der Waals surface area contributed by atoms with E-state index in [0.717, 1.165) is 0 Å². The summed E-state index contributed by atoms with van der Waals surface area (Å²) in [6.07, 6.45) is 3.86. The maximum atomic E-state index is 3.69. The molecule has 0 aliphatic rings. The van der Waals surface area contributed by atoms with Gasteiger partial charge in [0.25, 0.3) is 0 Å². The lowest BCUT2D eigenvalue weighted by Crippen LogP contribution is -2.28. The Morgan fingerprint density at radius 2 is 1.65 bits per heavy atom. The third kappa shape index (κ3) is 4.91. The summed E-state index contributed by atoms with van der Waals surface area (Å²) >= 11 is 0. The first-order valence-corrected chi connectivity index (χ1v) is 6.87. The van der Waals surface area contributed by atoms with Crippen LogP contribution in [0, 0.1) is 13.8 Å². The van der Waals surface area contributed by atoms with Crippen LogP contribution in [-0.4, -0.2) is 6.04 Å². The average molecular weight is 233 g/mol. The fourth-order valence-corrected chi connectivity index (χ4v) is 2.38. The molecule has 0 aromatic heterocycles. The standard InChI is InChI=1S/C16H27N/c1-6-7-8-14(4)17-15(5)16-10-12(2)9-13(3)11-16/h9-11,14-15,17H,6-8H2,1-5H3. The Morgan fingerprint density at radius 3 is 2.18 bits per heavy atom. The van der Waals surface area contributed by atoms with Crippen LogP contribution in [0.25, 0.3) is 0 Å². The second-order valence-corrected chi connectivity index (χ2v) is 5.35. The van der Waals surface area contributed by atoms with Gasteiger partial charge in [0.05, 0.1) is 0 Å². The van der Waals surface area contributed by atoms with Gasteiger partial charge in [-0.2, -0.15) is 0 Å². The van der Waals surface area contributed by atoms with Crippen molar-refractivity contribution >= 4 is 0 Å². The molecule has 0 heterocycles. The largest absolute Gasteiger partial charge is 0.308 e. The van der Waals surface area contributed by atoms with E-state index in [-0.39, 0.29) is 0 Å². The molecule has 0 aliphatic carbocycles. The quantitative estimate of drug-likeness (QED) is 0.761. The first kappa shape index (κ1) is 14.2. The lowest BCUT2D eigenvalue weighted by molar-refractivity contribution is 0.444. The van der Waals surface area contributed by atoms with Gasteiger partial charge in [-0.3, -0.25) is 0 Å². The molecule has 1 N–H and O–H groups in total. The smallest absolute Gasteiger partial charge is 0.0294 e. The number of aryl methyl sites for hydroxylation is 2. The lowest BCUT2D eigenvalue weighted by atomic mass is 10.0. The summed E-state index contributed by atoms with van der Waals surface area (Å²) < 4.78 is 0. The number of unbranched alkanes of at least 4 members (excludes halogenated alkanes) is 1. The minimum Gasteiger partial charge on any atom is -0.308 e. The molecule has 0 saturated heterocycles. The number of nitrogens with one attached hydrogen (secondary N) is 1. The van der Waals surface area contributed by atoms with Crippen molar-refractivity contribution in [2.45, 2.75) is 66.0 Å². The SMILES string of the molecule is CCCCC(C)NC(C)c1cc(C)cc(C)c1. The van der Waals surface area contributed by atoms with E-state index in [1.807, 2.05) is 0 Å². The number of benzene rings is 1. The van der Waals surface area contributed by atoms with Gasteiger partial charge in [-0.1, -0.05) is 49.1 Å². The molecular weight excluding hydrogens is 206 g/mol. The molecule has 0 saturated carbocycles. The highest BCUT2D eigenvalue weighted by atomic mass is 14.9. The van der Waals surface area contributed by atoms with Crippen LogP contribution in [0.4, 0.5) is 0 Å². The Hall–Kier alpha value is -0.820. The van der Waals surface area contributed by atoms with Crippen LogP contribution in [0.1, 0.15) is 62.8 Å². The summed E-state index contributed by atoms with van der Waals surface area (Å²) in [5.41, 5.74) is 4.12. The Bertz CT molecular complexity index is 323. The topological polar surface area (TPSA) is 12.0 Å². The van der Waals surface area contributed by atoms with E-state index in [1.165, 1.54) is 36.0 Å². The van der Waals surface area contributed by atoms with E-state index in [1.54, 1.807) is 0 Å². The fraction of sp³-hybridized carbons (Fsp3) is 0.625. The normalized spacial score (nSPS) is 14.6. The molecule has 1 rings (SSSR count). The van der Waals surface area contributed by atoms with Crippen LogP contribution >= 0.6 is 0 Å². The molecule has 0 amide bonds. The van der Waals surface area contributed by atoms with Crippen LogP contribution in [0.3, 0.4) is 0 Å². The highest BCUT2D eigenvalue weighted by molar-refractivity contribution is 5.30. The molecule has 0 spiro atoms. The van der Waals surface area contributed by atoms with Crippen molar-refractivity contribution in [1.29, 1.82) is 0 Å². The minimum absolute atomic E-state index is 0.445. The van der Waals surface area contributed by atoms with E-state index in [2.05, 4.69) is 58.1 Å². The average Bonchev–Trinajstić information content (AvgIpc) is 2.25. The molecule has 2 unspecified atom stereocenters. The Labute approximate surface area is 107 Å². The molecule has 17 heavy (non-hydrogen) atoms. The maximum absolute atomic E-state index is 3.69.